The molecule has 1 saturated heterocycles. The summed E-state index contributed by atoms with van der Waals surface area (Å²) in [5, 5.41) is 3.15. The maximum atomic E-state index is 6.04. The first-order chi connectivity index (χ1) is 10.3. The molecule has 114 valence electrons. The third kappa shape index (κ3) is 2.95. The Morgan fingerprint density at radius 1 is 1.33 bits per heavy atom. The second kappa shape index (κ2) is 6.55. The van der Waals surface area contributed by atoms with Crippen molar-refractivity contribution >= 4 is 16.5 Å². The Kier molecular flexibility index (Phi) is 4.52. The lowest BCUT2D eigenvalue weighted by Crippen LogP contribution is -2.49. The van der Waals surface area contributed by atoms with Crippen LogP contribution in [-0.4, -0.2) is 52.2 Å². The summed E-state index contributed by atoms with van der Waals surface area (Å²) in [4.78, 5) is 13.5. The van der Waals surface area contributed by atoms with Crippen LogP contribution in [0.3, 0.4) is 0 Å². The minimum Gasteiger partial charge on any atom is -0.346 e. The molecule has 6 nitrogen and oxygen atoms in total. The molecule has 1 atom stereocenters. The minimum absolute atomic E-state index is 0.255. The molecule has 0 aliphatic carbocycles. The molecule has 3 rings (SSSR count). The Morgan fingerprint density at radius 2 is 2.14 bits per heavy atom. The van der Waals surface area contributed by atoms with E-state index in [4.69, 9.17) is 5.73 Å². The van der Waals surface area contributed by atoms with E-state index < -0.39 is 0 Å². The van der Waals surface area contributed by atoms with Gasteiger partial charge in [-0.2, -0.15) is 0 Å². The van der Waals surface area contributed by atoms with E-state index >= 15 is 0 Å². The standard InChI is InChI=1S/C14H22N6S/c1-2-18-11-16-10-13(18)12(9-15)19-4-6-20(7-5-19)14-17-3-8-21-14/h3,8,10-12H,2,4-7,9,15H2,1H3. The van der Waals surface area contributed by atoms with Crippen LogP contribution in [0.15, 0.2) is 24.1 Å². The molecule has 1 aliphatic heterocycles. The van der Waals surface area contributed by atoms with E-state index in [1.807, 2.05) is 24.1 Å². The zero-order valence-electron chi connectivity index (χ0n) is 12.4. The first-order valence-corrected chi connectivity index (χ1v) is 8.30. The van der Waals surface area contributed by atoms with E-state index in [2.05, 4.69) is 31.3 Å². The van der Waals surface area contributed by atoms with Gasteiger partial charge in [0.05, 0.1) is 18.1 Å². The maximum Gasteiger partial charge on any atom is 0.185 e. The molecule has 1 aliphatic rings. The number of rotatable bonds is 5. The Labute approximate surface area is 129 Å². The molecular weight excluding hydrogens is 284 g/mol. The molecule has 21 heavy (non-hydrogen) atoms. The fraction of sp³-hybridized carbons (Fsp3) is 0.571. The summed E-state index contributed by atoms with van der Waals surface area (Å²) >= 11 is 1.71. The molecule has 0 amide bonds. The average Bonchev–Trinajstić information content (AvgIpc) is 3.20. The molecule has 0 spiro atoms. The average molecular weight is 306 g/mol. The summed E-state index contributed by atoms with van der Waals surface area (Å²) in [6.45, 7) is 7.73. The van der Waals surface area contributed by atoms with E-state index in [-0.39, 0.29) is 6.04 Å². The number of hydrogen-bond donors (Lipinski definition) is 1. The number of imidazole rings is 1. The summed E-state index contributed by atoms with van der Waals surface area (Å²) in [5.74, 6) is 0. The lowest BCUT2D eigenvalue weighted by Gasteiger charge is -2.39. The maximum absolute atomic E-state index is 6.04. The summed E-state index contributed by atoms with van der Waals surface area (Å²) < 4.78 is 2.19. The fourth-order valence-corrected chi connectivity index (χ4v) is 3.62. The number of piperazine rings is 1. The van der Waals surface area contributed by atoms with Crippen molar-refractivity contribution in [2.45, 2.75) is 19.5 Å². The quantitative estimate of drug-likeness (QED) is 0.899. The van der Waals surface area contributed by atoms with Gasteiger partial charge in [0.15, 0.2) is 5.13 Å². The summed E-state index contributed by atoms with van der Waals surface area (Å²) in [6.07, 6.45) is 5.72. The van der Waals surface area contributed by atoms with Gasteiger partial charge < -0.3 is 15.2 Å². The number of nitrogens with zero attached hydrogens (tertiary/aromatic N) is 5. The molecule has 0 saturated carbocycles. The monoisotopic (exact) mass is 306 g/mol. The Hall–Kier alpha value is -1.44. The third-order valence-electron chi connectivity index (χ3n) is 4.09. The molecule has 0 radical (unpaired) electrons. The predicted octanol–water partition coefficient (Wildman–Crippen LogP) is 1.18. The van der Waals surface area contributed by atoms with Crippen LogP contribution in [-0.2, 0) is 6.54 Å². The van der Waals surface area contributed by atoms with Crippen LogP contribution in [0, 0.1) is 0 Å². The van der Waals surface area contributed by atoms with Crippen molar-refractivity contribution in [2.24, 2.45) is 5.73 Å². The number of aromatic nitrogens is 3. The van der Waals surface area contributed by atoms with E-state index in [1.54, 1.807) is 11.3 Å². The van der Waals surface area contributed by atoms with Crippen molar-refractivity contribution in [3.63, 3.8) is 0 Å². The number of anilines is 1. The van der Waals surface area contributed by atoms with Crippen LogP contribution in [0.2, 0.25) is 0 Å². The second-order valence-electron chi connectivity index (χ2n) is 5.19. The molecule has 3 heterocycles. The van der Waals surface area contributed by atoms with Crippen LogP contribution in [0.25, 0.3) is 0 Å². The smallest absolute Gasteiger partial charge is 0.185 e. The number of hydrogen-bond acceptors (Lipinski definition) is 6. The van der Waals surface area contributed by atoms with Gasteiger partial charge in [-0.05, 0) is 6.92 Å². The van der Waals surface area contributed by atoms with Crippen LogP contribution in [0.1, 0.15) is 18.7 Å². The molecule has 2 N–H and O–H groups in total. The van der Waals surface area contributed by atoms with Crippen molar-refractivity contribution < 1.29 is 0 Å². The van der Waals surface area contributed by atoms with E-state index in [0.29, 0.717) is 6.54 Å². The van der Waals surface area contributed by atoms with Gasteiger partial charge in [-0.15, -0.1) is 11.3 Å². The van der Waals surface area contributed by atoms with Gasteiger partial charge in [-0.25, -0.2) is 9.97 Å². The zero-order valence-corrected chi connectivity index (χ0v) is 13.2. The molecule has 0 bridgehead atoms. The van der Waals surface area contributed by atoms with Crippen LogP contribution < -0.4 is 10.6 Å². The van der Waals surface area contributed by atoms with Gasteiger partial charge >= 0.3 is 0 Å². The van der Waals surface area contributed by atoms with Gasteiger partial charge in [0, 0.05) is 57.0 Å². The molecular formula is C14H22N6S. The molecule has 1 fully saturated rings. The largest absolute Gasteiger partial charge is 0.346 e. The van der Waals surface area contributed by atoms with E-state index in [1.165, 1.54) is 5.69 Å². The van der Waals surface area contributed by atoms with Crippen molar-refractivity contribution in [3.05, 3.63) is 29.8 Å². The van der Waals surface area contributed by atoms with Gasteiger partial charge in [0.2, 0.25) is 0 Å². The normalized spacial score (nSPS) is 18.1. The Balaban J connectivity index is 1.67. The highest BCUT2D eigenvalue weighted by Crippen LogP contribution is 2.24. The van der Waals surface area contributed by atoms with Gasteiger partial charge in [0.1, 0.15) is 0 Å². The van der Waals surface area contributed by atoms with Crippen LogP contribution in [0.4, 0.5) is 5.13 Å². The van der Waals surface area contributed by atoms with Gasteiger partial charge in [0.25, 0.3) is 0 Å². The highest BCUT2D eigenvalue weighted by molar-refractivity contribution is 7.13. The topological polar surface area (TPSA) is 63.2 Å². The van der Waals surface area contributed by atoms with E-state index in [9.17, 15) is 0 Å². The van der Waals surface area contributed by atoms with Crippen molar-refractivity contribution in [2.75, 3.05) is 37.6 Å². The summed E-state index contributed by atoms with van der Waals surface area (Å²) in [5.41, 5.74) is 7.27. The lowest BCUT2D eigenvalue weighted by atomic mass is 10.1. The molecule has 0 aromatic carbocycles. The Bertz CT molecular complexity index is 544. The second-order valence-corrected chi connectivity index (χ2v) is 6.07. The first kappa shape index (κ1) is 14.5. The molecule has 1 unspecified atom stereocenters. The van der Waals surface area contributed by atoms with Gasteiger partial charge in [-0.3, -0.25) is 4.90 Å². The van der Waals surface area contributed by atoms with Crippen molar-refractivity contribution in [3.8, 4) is 0 Å². The molecule has 2 aromatic rings. The number of nitrogens with two attached hydrogens (primary N) is 1. The predicted molar refractivity (Wildman–Crippen MR) is 85.6 cm³/mol. The van der Waals surface area contributed by atoms with Crippen molar-refractivity contribution in [1.82, 2.24) is 19.4 Å². The number of aryl methyl sites for hydroxylation is 1. The zero-order chi connectivity index (χ0) is 14.7. The van der Waals surface area contributed by atoms with Crippen molar-refractivity contribution in [1.29, 1.82) is 0 Å². The highest BCUT2D eigenvalue weighted by Gasteiger charge is 2.26. The van der Waals surface area contributed by atoms with Gasteiger partial charge in [-0.1, -0.05) is 0 Å². The SMILES string of the molecule is CCn1cncc1C(CN)N1CCN(c2nccs2)CC1. The lowest BCUT2D eigenvalue weighted by molar-refractivity contribution is 0.183. The third-order valence-corrected chi connectivity index (χ3v) is 4.93. The van der Waals surface area contributed by atoms with E-state index in [0.717, 1.165) is 37.9 Å². The molecule has 7 heteroatoms. The number of thiazole rings is 1. The minimum atomic E-state index is 0.255. The Morgan fingerprint density at radius 3 is 2.76 bits per heavy atom. The summed E-state index contributed by atoms with van der Waals surface area (Å²) in [6, 6.07) is 0.255. The van der Waals surface area contributed by atoms with Crippen LogP contribution >= 0.6 is 11.3 Å². The van der Waals surface area contributed by atoms with Crippen LogP contribution in [0.5, 0.6) is 0 Å². The summed E-state index contributed by atoms with van der Waals surface area (Å²) in [7, 11) is 0. The molecule has 2 aromatic heterocycles. The fourth-order valence-electron chi connectivity index (χ4n) is 2.93. The highest BCUT2D eigenvalue weighted by atomic mass is 32.1. The first-order valence-electron chi connectivity index (χ1n) is 7.42.